The molecule has 0 aromatic heterocycles. The number of nitrogens with one attached hydrogen (secondary N) is 2. The summed E-state index contributed by atoms with van der Waals surface area (Å²) < 4.78 is 0. The van der Waals surface area contributed by atoms with Crippen molar-refractivity contribution < 1.29 is 4.79 Å². The maximum Gasteiger partial charge on any atom is 0.233 e. The minimum absolute atomic E-state index is 0.0274. The van der Waals surface area contributed by atoms with Gasteiger partial charge in [0.15, 0.2) is 0 Å². The molecule has 0 bridgehead atoms. The van der Waals surface area contributed by atoms with Gasteiger partial charge in [-0.2, -0.15) is 0 Å². The topological polar surface area (TPSA) is 41.1 Å². The minimum atomic E-state index is 0.0274. The van der Waals surface area contributed by atoms with E-state index >= 15 is 0 Å². The normalized spacial score (nSPS) is 12.5. The number of hydrogen-bond acceptors (Lipinski definition) is 2. The van der Waals surface area contributed by atoms with E-state index < -0.39 is 0 Å². The molecule has 19 heavy (non-hydrogen) atoms. The molecule has 4 heteroatoms. The molecule has 1 amide bonds. The van der Waals surface area contributed by atoms with E-state index in [1.54, 1.807) is 0 Å². The fourth-order valence-electron chi connectivity index (χ4n) is 1.74. The zero-order chi connectivity index (χ0) is 14.3. The highest BCUT2D eigenvalue weighted by atomic mass is 35.5. The van der Waals surface area contributed by atoms with Gasteiger partial charge in [0, 0.05) is 17.6 Å². The van der Waals surface area contributed by atoms with Crippen molar-refractivity contribution in [2.45, 2.75) is 33.2 Å². The molecule has 3 nitrogen and oxygen atoms in total. The summed E-state index contributed by atoms with van der Waals surface area (Å²) in [6.07, 6.45) is 1.01. The van der Waals surface area contributed by atoms with Gasteiger partial charge in [0.2, 0.25) is 5.91 Å². The molecule has 0 radical (unpaired) electrons. The molecular formula is C15H23ClN2O. The third-order valence-electron chi connectivity index (χ3n) is 2.98. The van der Waals surface area contributed by atoms with Crippen molar-refractivity contribution >= 4 is 17.5 Å². The maximum absolute atomic E-state index is 11.6. The van der Waals surface area contributed by atoms with Crippen LogP contribution in [-0.4, -0.2) is 19.0 Å². The fraction of sp³-hybridized carbons (Fsp3) is 0.533. The lowest BCUT2D eigenvalue weighted by atomic mass is 10.1. The lowest BCUT2D eigenvalue weighted by Crippen LogP contribution is -2.35. The first-order chi connectivity index (χ1) is 9.00. The lowest BCUT2D eigenvalue weighted by molar-refractivity contribution is -0.120. The Morgan fingerprint density at radius 2 is 1.95 bits per heavy atom. The third kappa shape index (κ3) is 6.08. The van der Waals surface area contributed by atoms with E-state index in [2.05, 4.69) is 24.5 Å². The number of rotatable bonds is 7. The van der Waals surface area contributed by atoms with Gasteiger partial charge >= 0.3 is 0 Å². The first-order valence-electron chi connectivity index (χ1n) is 6.75. The zero-order valence-electron chi connectivity index (χ0n) is 11.9. The summed E-state index contributed by atoms with van der Waals surface area (Å²) in [4.78, 5) is 11.6. The predicted molar refractivity (Wildman–Crippen MR) is 80.3 cm³/mol. The molecule has 0 aliphatic rings. The van der Waals surface area contributed by atoms with Gasteiger partial charge in [-0.05, 0) is 30.9 Å². The highest BCUT2D eigenvalue weighted by Gasteiger charge is 2.10. The molecule has 1 aromatic rings. The maximum atomic E-state index is 11.6. The average Bonchev–Trinajstić information content (AvgIpc) is 2.36. The summed E-state index contributed by atoms with van der Waals surface area (Å²) >= 11 is 6.11. The van der Waals surface area contributed by atoms with Gasteiger partial charge in [-0.3, -0.25) is 4.79 Å². The number of benzene rings is 1. The second-order valence-corrected chi connectivity index (χ2v) is 5.56. The van der Waals surface area contributed by atoms with E-state index in [4.69, 9.17) is 11.6 Å². The molecule has 0 aliphatic heterocycles. The second kappa shape index (κ2) is 8.18. The van der Waals surface area contributed by atoms with Crippen molar-refractivity contribution in [1.29, 1.82) is 0 Å². The Morgan fingerprint density at radius 3 is 2.58 bits per heavy atom. The largest absolute Gasteiger partial charge is 0.355 e. The Kier molecular flexibility index (Phi) is 6.89. The van der Waals surface area contributed by atoms with E-state index in [1.165, 1.54) is 0 Å². The molecule has 1 rings (SSSR count). The van der Waals surface area contributed by atoms with Crippen molar-refractivity contribution in [3.63, 3.8) is 0 Å². The smallest absolute Gasteiger partial charge is 0.233 e. The SMILES string of the molecule is CC(C)CCNC(=O)CN[C@@H](C)c1ccccc1Cl. The van der Waals surface area contributed by atoms with Crippen LogP contribution in [0.25, 0.3) is 0 Å². The Hall–Kier alpha value is -1.06. The summed E-state index contributed by atoms with van der Waals surface area (Å²) in [5.41, 5.74) is 1.01. The van der Waals surface area contributed by atoms with Gasteiger partial charge in [0.1, 0.15) is 0 Å². The number of amides is 1. The average molecular weight is 283 g/mol. The molecular weight excluding hydrogens is 260 g/mol. The van der Waals surface area contributed by atoms with Crippen LogP contribution in [0.15, 0.2) is 24.3 Å². The van der Waals surface area contributed by atoms with E-state index in [1.807, 2.05) is 31.2 Å². The van der Waals surface area contributed by atoms with E-state index in [0.29, 0.717) is 12.5 Å². The molecule has 106 valence electrons. The Balaban J connectivity index is 2.32. The van der Waals surface area contributed by atoms with E-state index in [0.717, 1.165) is 23.6 Å². The van der Waals surface area contributed by atoms with Gasteiger partial charge in [-0.15, -0.1) is 0 Å². The van der Waals surface area contributed by atoms with Gasteiger partial charge in [-0.25, -0.2) is 0 Å². The molecule has 1 aromatic carbocycles. The van der Waals surface area contributed by atoms with Crippen LogP contribution in [0.4, 0.5) is 0 Å². The van der Waals surface area contributed by atoms with Crippen molar-refractivity contribution in [3.8, 4) is 0 Å². The molecule has 0 fully saturated rings. The standard InChI is InChI=1S/C15H23ClN2O/c1-11(2)8-9-17-15(19)10-18-12(3)13-6-4-5-7-14(13)16/h4-7,11-12,18H,8-10H2,1-3H3,(H,17,19)/t12-/m0/s1. The van der Waals surface area contributed by atoms with Gasteiger partial charge in [-0.1, -0.05) is 43.6 Å². The third-order valence-corrected chi connectivity index (χ3v) is 3.33. The summed E-state index contributed by atoms with van der Waals surface area (Å²) in [5.74, 6) is 0.634. The summed E-state index contributed by atoms with van der Waals surface area (Å²) in [6, 6.07) is 7.73. The second-order valence-electron chi connectivity index (χ2n) is 5.16. The number of halogens is 1. The monoisotopic (exact) mass is 282 g/mol. The van der Waals surface area contributed by atoms with Crippen LogP contribution in [-0.2, 0) is 4.79 Å². The van der Waals surface area contributed by atoms with Crippen LogP contribution in [0.2, 0.25) is 5.02 Å². The first-order valence-corrected chi connectivity index (χ1v) is 7.13. The Bertz CT molecular complexity index is 407. The Morgan fingerprint density at radius 1 is 1.26 bits per heavy atom. The summed E-state index contributed by atoms with van der Waals surface area (Å²) in [5, 5.41) is 6.81. The lowest BCUT2D eigenvalue weighted by Gasteiger charge is -2.15. The fourth-order valence-corrected chi connectivity index (χ4v) is 2.04. The van der Waals surface area contributed by atoms with Gasteiger partial charge in [0.05, 0.1) is 6.54 Å². The summed E-state index contributed by atoms with van der Waals surface area (Å²) in [7, 11) is 0. The molecule has 0 heterocycles. The van der Waals surface area contributed by atoms with Crippen LogP contribution in [0.5, 0.6) is 0 Å². The first kappa shape index (κ1) is 16.0. The number of carbonyl (C=O) groups excluding carboxylic acids is 1. The zero-order valence-corrected chi connectivity index (χ0v) is 12.6. The van der Waals surface area contributed by atoms with Crippen LogP contribution in [0.3, 0.4) is 0 Å². The van der Waals surface area contributed by atoms with Crippen LogP contribution in [0.1, 0.15) is 38.8 Å². The van der Waals surface area contributed by atoms with Crippen molar-refractivity contribution in [2.75, 3.05) is 13.1 Å². The molecule has 1 atom stereocenters. The van der Waals surface area contributed by atoms with Crippen molar-refractivity contribution in [2.24, 2.45) is 5.92 Å². The number of hydrogen-bond donors (Lipinski definition) is 2. The highest BCUT2D eigenvalue weighted by molar-refractivity contribution is 6.31. The highest BCUT2D eigenvalue weighted by Crippen LogP contribution is 2.21. The molecule has 0 saturated heterocycles. The van der Waals surface area contributed by atoms with Crippen molar-refractivity contribution in [3.05, 3.63) is 34.9 Å². The van der Waals surface area contributed by atoms with Crippen molar-refractivity contribution in [1.82, 2.24) is 10.6 Å². The number of carbonyl (C=O) groups is 1. The van der Waals surface area contributed by atoms with E-state index in [-0.39, 0.29) is 11.9 Å². The van der Waals surface area contributed by atoms with Crippen LogP contribution < -0.4 is 10.6 Å². The van der Waals surface area contributed by atoms with Gasteiger partial charge < -0.3 is 10.6 Å². The van der Waals surface area contributed by atoms with Crippen LogP contribution in [0, 0.1) is 5.92 Å². The quantitative estimate of drug-likeness (QED) is 0.807. The van der Waals surface area contributed by atoms with Gasteiger partial charge in [0.25, 0.3) is 0 Å². The molecule has 0 unspecified atom stereocenters. The molecule has 0 aliphatic carbocycles. The molecule has 2 N–H and O–H groups in total. The molecule has 0 spiro atoms. The minimum Gasteiger partial charge on any atom is -0.355 e. The van der Waals surface area contributed by atoms with E-state index in [9.17, 15) is 4.79 Å². The summed E-state index contributed by atoms with van der Waals surface area (Å²) in [6.45, 7) is 7.33. The molecule has 0 saturated carbocycles. The predicted octanol–water partition coefficient (Wildman–Crippen LogP) is 3.15. The van der Waals surface area contributed by atoms with Crippen LogP contribution >= 0.6 is 11.6 Å². The Labute approximate surface area is 120 Å².